The van der Waals surface area contributed by atoms with Crippen molar-refractivity contribution in [3.8, 4) is 5.75 Å². The van der Waals surface area contributed by atoms with E-state index in [2.05, 4.69) is 15.6 Å². The zero-order valence-corrected chi connectivity index (χ0v) is 17.4. The zero-order valence-electron chi connectivity index (χ0n) is 17.4. The lowest BCUT2D eigenvalue weighted by atomic mass is 9.98. The number of hydrogen-bond donors (Lipinski definition) is 1. The Morgan fingerprint density at radius 2 is 1.97 bits per heavy atom. The number of likely N-dealkylation sites (tertiary alicyclic amines) is 1. The summed E-state index contributed by atoms with van der Waals surface area (Å²) < 4.78 is 6.90. The van der Waals surface area contributed by atoms with E-state index in [1.807, 2.05) is 29.2 Å². The van der Waals surface area contributed by atoms with Crippen molar-refractivity contribution >= 4 is 11.8 Å². The summed E-state index contributed by atoms with van der Waals surface area (Å²) in [6.07, 6.45) is 8.16. The van der Waals surface area contributed by atoms with Crippen LogP contribution in [0, 0.1) is 0 Å². The average Bonchev–Trinajstić information content (AvgIpc) is 3.45. The summed E-state index contributed by atoms with van der Waals surface area (Å²) in [5.74, 6) is 0.797. The second-order valence-corrected chi connectivity index (χ2v) is 8.16. The van der Waals surface area contributed by atoms with Gasteiger partial charge >= 0.3 is 0 Å². The quantitative estimate of drug-likeness (QED) is 0.719. The van der Waals surface area contributed by atoms with E-state index in [4.69, 9.17) is 4.74 Å². The number of piperidine rings is 1. The minimum Gasteiger partial charge on any atom is -0.497 e. The molecule has 0 radical (unpaired) electrons. The highest BCUT2D eigenvalue weighted by molar-refractivity contribution is 5.92. The van der Waals surface area contributed by atoms with E-state index in [0.717, 1.165) is 56.4 Å². The fourth-order valence-electron chi connectivity index (χ4n) is 3.93. The van der Waals surface area contributed by atoms with E-state index in [-0.39, 0.29) is 17.9 Å². The van der Waals surface area contributed by atoms with Crippen molar-refractivity contribution in [3.05, 3.63) is 41.7 Å². The van der Waals surface area contributed by atoms with Crippen LogP contribution in [0.25, 0.3) is 0 Å². The van der Waals surface area contributed by atoms with Crippen molar-refractivity contribution < 1.29 is 14.3 Å². The average molecular weight is 412 g/mol. The van der Waals surface area contributed by atoms with Gasteiger partial charge in [0.15, 0.2) is 5.69 Å². The van der Waals surface area contributed by atoms with Gasteiger partial charge in [0.2, 0.25) is 5.91 Å². The molecule has 1 saturated carbocycles. The molecule has 0 unspecified atom stereocenters. The van der Waals surface area contributed by atoms with E-state index in [1.54, 1.807) is 18.0 Å². The number of carbonyl (C=O) groups excluding carboxylic acids is 2. The third kappa shape index (κ3) is 5.17. The molecule has 0 bridgehead atoms. The van der Waals surface area contributed by atoms with Gasteiger partial charge in [-0.25, -0.2) is 0 Å². The molecular weight excluding hydrogens is 382 g/mol. The Balaban J connectivity index is 1.32. The minimum absolute atomic E-state index is 0.155. The van der Waals surface area contributed by atoms with Crippen LogP contribution in [0.4, 0.5) is 0 Å². The number of methoxy groups -OCH3 is 1. The van der Waals surface area contributed by atoms with Crippen molar-refractivity contribution in [3.63, 3.8) is 0 Å². The molecule has 1 N–H and O–H groups in total. The summed E-state index contributed by atoms with van der Waals surface area (Å²) in [5.41, 5.74) is 1.35. The van der Waals surface area contributed by atoms with E-state index in [1.165, 1.54) is 0 Å². The lowest BCUT2D eigenvalue weighted by Crippen LogP contribution is -2.44. The third-order valence-corrected chi connectivity index (χ3v) is 5.84. The van der Waals surface area contributed by atoms with Gasteiger partial charge in [-0.05, 0) is 56.2 Å². The number of carbonyl (C=O) groups is 2. The number of amides is 2. The van der Waals surface area contributed by atoms with E-state index in [9.17, 15) is 9.59 Å². The summed E-state index contributed by atoms with van der Waals surface area (Å²) >= 11 is 0. The number of aromatic nitrogens is 3. The van der Waals surface area contributed by atoms with Crippen molar-refractivity contribution in [1.82, 2.24) is 25.2 Å². The molecule has 160 valence electrons. The summed E-state index contributed by atoms with van der Waals surface area (Å²) in [5, 5.41) is 11.0. The molecule has 8 nitrogen and oxygen atoms in total. The lowest BCUT2D eigenvalue weighted by molar-refractivity contribution is -0.134. The Labute approximate surface area is 176 Å². The first-order chi connectivity index (χ1) is 14.6. The first-order valence-corrected chi connectivity index (χ1v) is 10.8. The van der Waals surface area contributed by atoms with Gasteiger partial charge in [-0.1, -0.05) is 17.3 Å². The predicted octanol–water partition coefficient (Wildman–Crippen LogP) is 2.19. The SMILES string of the molecule is COc1ccc(CC(=O)N2CCCC[C@H]2CCn2cc(C(=O)NC3CC3)nn2)cc1. The largest absolute Gasteiger partial charge is 0.497 e. The minimum atomic E-state index is -0.155. The number of aryl methyl sites for hydroxylation is 1. The van der Waals surface area contributed by atoms with Crippen LogP contribution in [0.15, 0.2) is 30.5 Å². The van der Waals surface area contributed by atoms with Crippen LogP contribution in [0.1, 0.15) is 54.6 Å². The third-order valence-electron chi connectivity index (χ3n) is 5.84. The van der Waals surface area contributed by atoms with E-state index < -0.39 is 0 Å². The highest BCUT2D eigenvalue weighted by Crippen LogP contribution is 2.22. The molecule has 1 saturated heterocycles. The van der Waals surface area contributed by atoms with Gasteiger partial charge in [0.05, 0.1) is 19.7 Å². The van der Waals surface area contributed by atoms with Gasteiger partial charge in [0, 0.05) is 25.2 Å². The highest BCUT2D eigenvalue weighted by Gasteiger charge is 2.27. The van der Waals surface area contributed by atoms with Crippen LogP contribution in [-0.2, 0) is 17.8 Å². The molecule has 8 heteroatoms. The summed E-state index contributed by atoms with van der Waals surface area (Å²) in [4.78, 5) is 27.1. The fourth-order valence-corrected chi connectivity index (χ4v) is 3.93. The number of rotatable bonds is 8. The van der Waals surface area contributed by atoms with Gasteiger partial charge in [0.1, 0.15) is 5.75 Å². The van der Waals surface area contributed by atoms with Gasteiger partial charge in [-0.15, -0.1) is 5.10 Å². The fraction of sp³-hybridized carbons (Fsp3) is 0.545. The van der Waals surface area contributed by atoms with Crippen LogP contribution < -0.4 is 10.1 Å². The Hall–Kier alpha value is -2.90. The predicted molar refractivity (Wildman–Crippen MR) is 111 cm³/mol. The monoisotopic (exact) mass is 411 g/mol. The standard InChI is InChI=1S/C22H29N5O3/c1-30-19-9-5-16(6-10-19)14-21(28)27-12-3-2-4-18(27)11-13-26-15-20(24-25-26)22(29)23-17-7-8-17/h5-6,9-10,15,17-18H,2-4,7-8,11-14H2,1H3,(H,23,29)/t18-/m0/s1. The van der Waals surface area contributed by atoms with Crippen LogP contribution in [-0.4, -0.2) is 57.4 Å². The molecule has 1 aliphatic carbocycles. The second-order valence-electron chi connectivity index (χ2n) is 8.16. The molecule has 2 aliphatic rings. The summed E-state index contributed by atoms with van der Waals surface area (Å²) in [6, 6.07) is 8.15. The Morgan fingerprint density at radius 1 is 1.17 bits per heavy atom. The molecule has 30 heavy (non-hydrogen) atoms. The van der Waals surface area contributed by atoms with Gasteiger partial charge in [0.25, 0.3) is 5.91 Å². The Bertz CT molecular complexity index is 875. The summed E-state index contributed by atoms with van der Waals surface area (Å²) in [6.45, 7) is 1.44. The van der Waals surface area contributed by atoms with E-state index >= 15 is 0 Å². The Morgan fingerprint density at radius 3 is 2.70 bits per heavy atom. The van der Waals surface area contributed by atoms with Crippen molar-refractivity contribution in [2.75, 3.05) is 13.7 Å². The zero-order chi connectivity index (χ0) is 20.9. The second kappa shape index (κ2) is 9.28. The van der Waals surface area contributed by atoms with E-state index in [0.29, 0.717) is 24.7 Å². The number of nitrogens with zero attached hydrogens (tertiary/aromatic N) is 4. The molecule has 1 aromatic heterocycles. The van der Waals surface area contributed by atoms with Crippen molar-refractivity contribution in [2.45, 2.75) is 63.6 Å². The molecular formula is C22H29N5O3. The van der Waals surface area contributed by atoms with Crippen molar-refractivity contribution in [2.24, 2.45) is 0 Å². The smallest absolute Gasteiger partial charge is 0.273 e. The molecule has 2 heterocycles. The maximum atomic E-state index is 13.0. The van der Waals surface area contributed by atoms with Gasteiger partial charge < -0.3 is 15.0 Å². The molecule has 1 aliphatic heterocycles. The lowest BCUT2D eigenvalue weighted by Gasteiger charge is -2.36. The molecule has 1 aromatic carbocycles. The van der Waals surface area contributed by atoms with Crippen LogP contribution >= 0.6 is 0 Å². The number of hydrogen-bond acceptors (Lipinski definition) is 5. The van der Waals surface area contributed by atoms with Gasteiger partial charge in [-0.3, -0.25) is 14.3 Å². The van der Waals surface area contributed by atoms with Gasteiger partial charge in [-0.2, -0.15) is 0 Å². The Kier molecular flexibility index (Phi) is 6.30. The van der Waals surface area contributed by atoms with Crippen LogP contribution in [0.3, 0.4) is 0 Å². The maximum Gasteiger partial charge on any atom is 0.273 e. The first kappa shape index (κ1) is 20.4. The number of ether oxygens (including phenoxy) is 1. The molecule has 2 fully saturated rings. The molecule has 1 atom stereocenters. The number of nitrogens with one attached hydrogen (secondary N) is 1. The molecule has 2 amide bonds. The first-order valence-electron chi connectivity index (χ1n) is 10.8. The normalized spacial score (nSPS) is 18.8. The topological polar surface area (TPSA) is 89.4 Å². The molecule has 0 spiro atoms. The maximum absolute atomic E-state index is 13.0. The van der Waals surface area contributed by atoms with Crippen LogP contribution in [0.5, 0.6) is 5.75 Å². The summed E-state index contributed by atoms with van der Waals surface area (Å²) in [7, 11) is 1.64. The highest BCUT2D eigenvalue weighted by atomic mass is 16.5. The van der Waals surface area contributed by atoms with Crippen molar-refractivity contribution in [1.29, 1.82) is 0 Å². The number of benzene rings is 1. The molecule has 4 rings (SSSR count). The van der Waals surface area contributed by atoms with Crippen LogP contribution in [0.2, 0.25) is 0 Å². The molecule has 2 aromatic rings.